The molecule has 2 bridgehead atoms. The molecule has 1 fully saturated rings. The van der Waals surface area contributed by atoms with Crippen LogP contribution in [0.1, 0.15) is 19.8 Å². The highest BCUT2D eigenvalue weighted by Gasteiger charge is 2.46. The lowest BCUT2D eigenvalue weighted by atomic mass is 9.63. The molecule has 4 rings (SSSR count). The lowest BCUT2D eigenvalue weighted by Gasteiger charge is -2.43. The largest absolute Gasteiger partial charge is 0.458 e. The van der Waals surface area contributed by atoms with Crippen LogP contribution in [0.5, 0.6) is 0 Å². The lowest BCUT2D eigenvalue weighted by Crippen LogP contribution is -2.40. The van der Waals surface area contributed by atoms with Gasteiger partial charge in [0.1, 0.15) is 6.10 Å². The molecule has 0 aromatic carbocycles. The minimum Gasteiger partial charge on any atom is -0.458 e. The lowest BCUT2D eigenvalue weighted by molar-refractivity contribution is -0.148. The summed E-state index contributed by atoms with van der Waals surface area (Å²) < 4.78 is 5.37. The summed E-state index contributed by atoms with van der Waals surface area (Å²) in [5.74, 6) is 2.31. The van der Waals surface area contributed by atoms with Crippen molar-refractivity contribution >= 4 is 5.97 Å². The Morgan fingerprint density at radius 2 is 1.87 bits per heavy atom. The van der Waals surface area contributed by atoms with Crippen molar-refractivity contribution in [2.45, 2.75) is 25.9 Å². The highest BCUT2D eigenvalue weighted by atomic mass is 16.5. The average molecular weight is 204 g/mol. The molecule has 4 aliphatic rings. The Balaban J connectivity index is 1.84. The maximum Gasteiger partial charge on any atom is 0.303 e. The number of hydrogen-bond donors (Lipinski definition) is 0. The van der Waals surface area contributed by atoms with Crippen LogP contribution in [0.3, 0.4) is 0 Å². The molecule has 2 heteroatoms. The molecule has 0 amide bonds. The van der Waals surface area contributed by atoms with E-state index in [-0.39, 0.29) is 12.1 Å². The van der Waals surface area contributed by atoms with E-state index in [0.29, 0.717) is 23.7 Å². The van der Waals surface area contributed by atoms with E-state index in [0.717, 1.165) is 0 Å². The molecule has 0 aromatic heterocycles. The Hall–Kier alpha value is -1.05. The predicted molar refractivity (Wildman–Crippen MR) is 57.0 cm³/mol. The van der Waals surface area contributed by atoms with Crippen LogP contribution < -0.4 is 0 Å². The second-order valence-corrected chi connectivity index (χ2v) is 4.90. The summed E-state index contributed by atoms with van der Waals surface area (Å²) in [7, 11) is 0. The predicted octanol–water partition coefficient (Wildman–Crippen LogP) is 2.32. The second kappa shape index (κ2) is 3.22. The van der Waals surface area contributed by atoms with E-state index in [1.807, 2.05) is 0 Å². The van der Waals surface area contributed by atoms with Crippen LogP contribution in [0.15, 0.2) is 24.3 Å². The molecule has 0 heterocycles. The van der Waals surface area contributed by atoms with Crippen LogP contribution in [-0.2, 0) is 9.53 Å². The molecule has 4 aliphatic carbocycles. The first-order chi connectivity index (χ1) is 7.25. The van der Waals surface area contributed by atoms with E-state index in [1.165, 1.54) is 19.8 Å². The van der Waals surface area contributed by atoms with Gasteiger partial charge in [-0.05, 0) is 36.7 Å². The van der Waals surface area contributed by atoms with E-state index < -0.39 is 0 Å². The summed E-state index contributed by atoms with van der Waals surface area (Å²) in [6.07, 6.45) is 11.6. The first-order valence-electron chi connectivity index (χ1n) is 5.79. The number of carbonyl (C=O) groups excluding carboxylic acids is 1. The van der Waals surface area contributed by atoms with Gasteiger partial charge in [0.05, 0.1) is 0 Å². The molecule has 15 heavy (non-hydrogen) atoms. The Bertz CT molecular complexity index is 342. The van der Waals surface area contributed by atoms with Gasteiger partial charge in [0.25, 0.3) is 0 Å². The van der Waals surface area contributed by atoms with Gasteiger partial charge in [-0.1, -0.05) is 18.2 Å². The monoisotopic (exact) mass is 204 g/mol. The summed E-state index contributed by atoms with van der Waals surface area (Å²) in [5, 5.41) is 0. The molecule has 0 radical (unpaired) electrons. The van der Waals surface area contributed by atoms with Crippen molar-refractivity contribution in [3.8, 4) is 0 Å². The number of fused-ring (bicyclic) bond motifs is 1. The third kappa shape index (κ3) is 1.35. The van der Waals surface area contributed by atoms with Crippen molar-refractivity contribution in [3.05, 3.63) is 24.3 Å². The van der Waals surface area contributed by atoms with Gasteiger partial charge in [-0.25, -0.2) is 0 Å². The minimum atomic E-state index is -0.157. The average Bonchev–Trinajstić information content (AvgIpc) is 2.65. The van der Waals surface area contributed by atoms with Crippen molar-refractivity contribution in [1.82, 2.24) is 0 Å². The Morgan fingerprint density at radius 1 is 1.13 bits per heavy atom. The van der Waals surface area contributed by atoms with Gasteiger partial charge in [-0.2, -0.15) is 0 Å². The van der Waals surface area contributed by atoms with Gasteiger partial charge in [0.2, 0.25) is 0 Å². The molecule has 0 unspecified atom stereocenters. The topological polar surface area (TPSA) is 26.3 Å². The Morgan fingerprint density at radius 3 is 2.53 bits per heavy atom. The van der Waals surface area contributed by atoms with Gasteiger partial charge in [0, 0.05) is 12.8 Å². The zero-order chi connectivity index (χ0) is 10.4. The van der Waals surface area contributed by atoms with Gasteiger partial charge in [-0.15, -0.1) is 0 Å². The number of carbonyl (C=O) groups is 1. The fourth-order valence-corrected chi connectivity index (χ4v) is 3.48. The third-order valence-electron chi connectivity index (χ3n) is 4.08. The first kappa shape index (κ1) is 9.20. The van der Waals surface area contributed by atoms with E-state index in [1.54, 1.807) is 0 Å². The van der Waals surface area contributed by atoms with E-state index in [4.69, 9.17) is 4.74 Å². The summed E-state index contributed by atoms with van der Waals surface area (Å²) in [5.41, 5.74) is 0. The molecule has 80 valence electrons. The Labute approximate surface area is 90.0 Å². The normalized spacial score (nSPS) is 45.5. The number of esters is 1. The summed E-state index contributed by atoms with van der Waals surface area (Å²) >= 11 is 0. The number of rotatable bonds is 1. The second-order valence-electron chi connectivity index (χ2n) is 4.90. The van der Waals surface area contributed by atoms with Crippen LogP contribution in [0, 0.1) is 23.7 Å². The van der Waals surface area contributed by atoms with E-state index >= 15 is 0 Å². The smallest absolute Gasteiger partial charge is 0.303 e. The zero-order valence-corrected chi connectivity index (χ0v) is 8.93. The van der Waals surface area contributed by atoms with Gasteiger partial charge < -0.3 is 4.74 Å². The summed E-state index contributed by atoms with van der Waals surface area (Å²) in [6.45, 7) is 1.50. The van der Waals surface area contributed by atoms with Crippen LogP contribution in [0.25, 0.3) is 0 Å². The van der Waals surface area contributed by atoms with Crippen LogP contribution in [0.4, 0.5) is 0 Å². The SMILES string of the molecule is CC(=O)O[C@@H]1C=C[C@H]2[C@@H]1[C@H]1C=C[C@@H]2CC1. The molecule has 0 aliphatic heterocycles. The minimum absolute atomic E-state index is 0.0326. The number of hydrogen-bond acceptors (Lipinski definition) is 2. The fraction of sp³-hybridized carbons (Fsp3) is 0.615. The number of ether oxygens (including phenoxy) is 1. The fourth-order valence-electron chi connectivity index (χ4n) is 3.48. The first-order valence-corrected chi connectivity index (χ1v) is 5.79. The van der Waals surface area contributed by atoms with Crippen LogP contribution in [0.2, 0.25) is 0 Å². The van der Waals surface area contributed by atoms with Crippen LogP contribution in [-0.4, -0.2) is 12.1 Å². The molecule has 1 saturated carbocycles. The van der Waals surface area contributed by atoms with Gasteiger partial charge >= 0.3 is 5.97 Å². The molecule has 5 atom stereocenters. The van der Waals surface area contributed by atoms with Crippen molar-refractivity contribution in [3.63, 3.8) is 0 Å². The molecule has 0 saturated heterocycles. The van der Waals surface area contributed by atoms with Crippen molar-refractivity contribution in [2.75, 3.05) is 0 Å². The summed E-state index contributed by atoms with van der Waals surface area (Å²) in [4.78, 5) is 11.0. The molecular weight excluding hydrogens is 188 g/mol. The maximum atomic E-state index is 11.0. The quantitative estimate of drug-likeness (QED) is 0.484. The maximum absolute atomic E-state index is 11.0. The zero-order valence-electron chi connectivity index (χ0n) is 8.93. The number of allylic oxidation sites excluding steroid dienone is 3. The van der Waals surface area contributed by atoms with Gasteiger partial charge in [0.15, 0.2) is 0 Å². The Kier molecular flexibility index (Phi) is 1.98. The standard InChI is InChI=1S/C13H16O2/c1-8(14)15-12-7-6-11-9-2-4-10(5-3-9)13(11)12/h2,4,6-7,9-13H,3,5H2,1H3/t9-,10+,11-,12-,13+/m1/s1. The van der Waals surface area contributed by atoms with Crippen LogP contribution >= 0.6 is 0 Å². The molecule has 0 N–H and O–H groups in total. The molecular formula is C13H16O2. The van der Waals surface area contributed by atoms with E-state index in [9.17, 15) is 4.79 Å². The highest BCUT2D eigenvalue weighted by molar-refractivity contribution is 5.66. The van der Waals surface area contributed by atoms with Gasteiger partial charge in [-0.3, -0.25) is 4.79 Å². The third-order valence-corrected chi connectivity index (χ3v) is 4.08. The van der Waals surface area contributed by atoms with Crippen molar-refractivity contribution in [2.24, 2.45) is 23.7 Å². The van der Waals surface area contributed by atoms with Crippen molar-refractivity contribution < 1.29 is 9.53 Å². The van der Waals surface area contributed by atoms with E-state index in [2.05, 4.69) is 24.3 Å². The molecule has 0 spiro atoms. The summed E-state index contributed by atoms with van der Waals surface area (Å²) in [6, 6.07) is 0. The van der Waals surface area contributed by atoms with Crippen molar-refractivity contribution in [1.29, 1.82) is 0 Å². The molecule has 0 aromatic rings. The molecule has 2 nitrogen and oxygen atoms in total. The highest BCUT2D eigenvalue weighted by Crippen LogP contribution is 2.50.